The molecule has 1 N–H and O–H groups in total. The van der Waals surface area contributed by atoms with Gasteiger partial charge in [-0.2, -0.15) is 0 Å². The monoisotopic (exact) mass is 282 g/mol. The fraction of sp³-hybridized carbons (Fsp3) is 0.941. The first-order chi connectivity index (χ1) is 9.08. The number of likely N-dealkylation sites (tertiary alicyclic amines) is 1. The van der Waals surface area contributed by atoms with Crippen LogP contribution in [-0.2, 0) is 4.79 Å². The molecule has 3 heteroatoms. The summed E-state index contributed by atoms with van der Waals surface area (Å²) in [5.74, 6) is 0.307. The maximum atomic E-state index is 12.5. The van der Waals surface area contributed by atoms with Gasteiger partial charge in [-0.25, -0.2) is 0 Å². The Morgan fingerprint density at radius 1 is 1.10 bits per heavy atom. The lowest BCUT2D eigenvalue weighted by molar-refractivity contribution is -0.137. The number of hydrogen-bond donors (Lipinski definition) is 1. The normalized spacial score (nSPS) is 17.8. The van der Waals surface area contributed by atoms with E-state index >= 15 is 0 Å². The standard InChI is InChI=1S/C17H34N2O/c1-16(2,3)11-8-7-10-14(18-17(4,5)6)15(20)19-12-9-13-19/h14,18H,7-13H2,1-6H3. The van der Waals surface area contributed by atoms with Crippen LogP contribution in [0.25, 0.3) is 0 Å². The van der Waals surface area contributed by atoms with Crippen LogP contribution in [-0.4, -0.2) is 35.5 Å². The Labute approximate surface area is 125 Å². The van der Waals surface area contributed by atoms with Gasteiger partial charge in [-0.3, -0.25) is 4.79 Å². The summed E-state index contributed by atoms with van der Waals surface area (Å²) in [7, 11) is 0. The molecule has 0 radical (unpaired) electrons. The van der Waals surface area contributed by atoms with Crippen LogP contribution in [0.4, 0.5) is 0 Å². The zero-order valence-electron chi connectivity index (χ0n) is 14.4. The molecule has 1 heterocycles. The third-order valence-corrected chi connectivity index (χ3v) is 3.74. The molecule has 0 bridgehead atoms. The molecule has 0 spiro atoms. The maximum absolute atomic E-state index is 12.5. The molecule has 1 aliphatic rings. The van der Waals surface area contributed by atoms with Gasteiger partial charge in [-0.1, -0.05) is 33.6 Å². The molecule has 1 saturated heterocycles. The van der Waals surface area contributed by atoms with E-state index in [1.807, 2.05) is 4.90 Å². The summed E-state index contributed by atoms with van der Waals surface area (Å²) in [5.41, 5.74) is 0.393. The van der Waals surface area contributed by atoms with E-state index in [0.717, 1.165) is 32.4 Å². The minimum Gasteiger partial charge on any atom is -0.341 e. The van der Waals surface area contributed by atoms with Crippen molar-refractivity contribution in [1.29, 1.82) is 0 Å². The Balaban J connectivity index is 2.43. The summed E-state index contributed by atoms with van der Waals surface area (Å²) in [4.78, 5) is 14.5. The van der Waals surface area contributed by atoms with E-state index in [9.17, 15) is 4.79 Å². The van der Waals surface area contributed by atoms with E-state index < -0.39 is 0 Å². The summed E-state index contributed by atoms with van der Waals surface area (Å²) in [6.07, 6.45) is 5.69. The fourth-order valence-corrected chi connectivity index (χ4v) is 2.54. The molecule has 1 rings (SSSR count). The summed E-state index contributed by atoms with van der Waals surface area (Å²) in [5, 5.41) is 3.51. The first kappa shape index (κ1) is 17.5. The molecule has 0 aliphatic carbocycles. The molecule has 1 amide bonds. The Bertz CT molecular complexity index is 308. The molecule has 0 aromatic carbocycles. The topological polar surface area (TPSA) is 32.3 Å². The predicted molar refractivity (Wildman–Crippen MR) is 85.8 cm³/mol. The quantitative estimate of drug-likeness (QED) is 0.755. The van der Waals surface area contributed by atoms with Crippen LogP contribution >= 0.6 is 0 Å². The highest BCUT2D eigenvalue weighted by molar-refractivity contribution is 5.82. The van der Waals surface area contributed by atoms with Gasteiger partial charge < -0.3 is 10.2 Å². The highest BCUT2D eigenvalue weighted by Gasteiger charge is 2.30. The molecule has 20 heavy (non-hydrogen) atoms. The molecule has 0 aromatic heterocycles. The summed E-state index contributed by atoms with van der Waals surface area (Å²) >= 11 is 0. The van der Waals surface area contributed by atoms with E-state index in [-0.39, 0.29) is 11.6 Å². The minimum absolute atomic E-state index is 0.00438. The average Bonchev–Trinajstić information content (AvgIpc) is 2.16. The van der Waals surface area contributed by atoms with Crippen LogP contribution in [0.3, 0.4) is 0 Å². The van der Waals surface area contributed by atoms with Gasteiger partial charge >= 0.3 is 0 Å². The second kappa shape index (κ2) is 6.93. The third-order valence-electron chi connectivity index (χ3n) is 3.74. The van der Waals surface area contributed by atoms with Gasteiger partial charge in [0.1, 0.15) is 0 Å². The molecule has 1 aliphatic heterocycles. The van der Waals surface area contributed by atoms with Crippen molar-refractivity contribution in [3.63, 3.8) is 0 Å². The van der Waals surface area contributed by atoms with E-state index in [1.54, 1.807) is 0 Å². The number of amides is 1. The summed E-state index contributed by atoms with van der Waals surface area (Å²) in [6.45, 7) is 15.2. The first-order valence-electron chi connectivity index (χ1n) is 8.15. The largest absolute Gasteiger partial charge is 0.341 e. The lowest BCUT2D eigenvalue weighted by Crippen LogP contribution is -2.55. The number of nitrogens with zero attached hydrogens (tertiary/aromatic N) is 1. The van der Waals surface area contributed by atoms with Crippen LogP contribution in [0.15, 0.2) is 0 Å². The van der Waals surface area contributed by atoms with Crippen molar-refractivity contribution in [2.45, 2.75) is 85.2 Å². The van der Waals surface area contributed by atoms with Crippen LogP contribution in [0.5, 0.6) is 0 Å². The third kappa shape index (κ3) is 6.74. The van der Waals surface area contributed by atoms with Crippen molar-refractivity contribution in [1.82, 2.24) is 10.2 Å². The van der Waals surface area contributed by atoms with Gasteiger partial charge in [-0.15, -0.1) is 0 Å². The molecule has 3 nitrogen and oxygen atoms in total. The predicted octanol–water partition coefficient (Wildman–Crippen LogP) is 3.58. The van der Waals surface area contributed by atoms with Crippen LogP contribution in [0.1, 0.15) is 73.6 Å². The summed E-state index contributed by atoms with van der Waals surface area (Å²) < 4.78 is 0. The van der Waals surface area contributed by atoms with Crippen LogP contribution in [0, 0.1) is 5.41 Å². The van der Waals surface area contributed by atoms with Crippen molar-refractivity contribution in [2.75, 3.05) is 13.1 Å². The number of nitrogens with one attached hydrogen (secondary N) is 1. The Hall–Kier alpha value is -0.570. The van der Waals surface area contributed by atoms with Crippen molar-refractivity contribution in [2.24, 2.45) is 5.41 Å². The van der Waals surface area contributed by atoms with Gasteiger partial charge in [0.15, 0.2) is 0 Å². The number of hydrogen-bond acceptors (Lipinski definition) is 2. The molecule has 0 aromatic rings. The zero-order chi connectivity index (χ0) is 15.4. The lowest BCUT2D eigenvalue weighted by atomic mass is 9.89. The van der Waals surface area contributed by atoms with E-state index in [2.05, 4.69) is 46.9 Å². The highest BCUT2D eigenvalue weighted by atomic mass is 16.2. The molecule has 1 atom stereocenters. The molecular weight excluding hydrogens is 248 g/mol. The van der Waals surface area contributed by atoms with E-state index in [4.69, 9.17) is 0 Å². The zero-order valence-corrected chi connectivity index (χ0v) is 14.4. The number of unbranched alkanes of at least 4 members (excludes halogenated alkanes) is 1. The molecular formula is C17H34N2O. The number of carbonyl (C=O) groups is 1. The van der Waals surface area contributed by atoms with Gasteiger partial charge in [0.05, 0.1) is 6.04 Å². The van der Waals surface area contributed by atoms with Crippen LogP contribution in [0.2, 0.25) is 0 Å². The van der Waals surface area contributed by atoms with Gasteiger partial charge in [0, 0.05) is 18.6 Å². The number of rotatable bonds is 6. The Morgan fingerprint density at radius 2 is 1.70 bits per heavy atom. The Kier molecular flexibility index (Phi) is 6.06. The van der Waals surface area contributed by atoms with Gasteiger partial charge in [0.2, 0.25) is 5.91 Å². The van der Waals surface area contributed by atoms with Crippen molar-refractivity contribution in [3.8, 4) is 0 Å². The highest BCUT2D eigenvalue weighted by Crippen LogP contribution is 2.23. The molecule has 1 unspecified atom stereocenters. The van der Waals surface area contributed by atoms with Crippen molar-refractivity contribution < 1.29 is 4.79 Å². The van der Waals surface area contributed by atoms with Gasteiger partial charge in [-0.05, 0) is 45.4 Å². The lowest BCUT2D eigenvalue weighted by Gasteiger charge is -2.37. The second-order valence-electron chi connectivity index (χ2n) is 8.43. The maximum Gasteiger partial charge on any atom is 0.239 e. The minimum atomic E-state index is -0.00474. The smallest absolute Gasteiger partial charge is 0.239 e. The SMILES string of the molecule is CC(C)(C)CCCCC(NC(C)(C)C)C(=O)N1CCC1. The summed E-state index contributed by atoms with van der Waals surface area (Å²) in [6, 6.07) is -0.00438. The number of carbonyl (C=O) groups excluding carboxylic acids is 1. The van der Waals surface area contributed by atoms with Crippen molar-refractivity contribution in [3.05, 3.63) is 0 Å². The van der Waals surface area contributed by atoms with Gasteiger partial charge in [0.25, 0.3) is 0 Å². The van der Waals surface area contributed by atoms with E-state index in [0.29, 0.717) is 11.3 Å². The molecule has 118 valence electrons. The Morgan fingerprint density at radius 3 is 2.10 bits per heavy atom. The average molecular weight is 282 g/mol. The van der Waals surface area contributed by atoms with E-state index in [1.165, 1.54) is 12.8 Å². The fourth-order valence-electron chi connectivity index (χ4n) is 2.54. The molecule has 0 saturated carbocycles. The first-order valence-corrected chi connectivity index (χ1v) is 8.15. The van der Waals surface area contributed by atoms with Crippen molar-refractivity contribution >= 4 is 5.91 Å². The van der Waals surface area contributed by atoms with Crippen LogP contribution < -0.4 is 5.32 Å². The second-order valence-corrected chi connectivity index (χ2v) is 8.43. The molecule has 1 fully saturated rings.